The number of aryl methyl sites for hydroxylation is 2. The first-order valence-corrected chi connectivity index (χ1v) is 8.50. The minimum Gasteiger partial charge on any atom is -0.494 e. The number of hydrogen-bond donors (Lipinski definition) is 2. The molecule has 6 nitrogen and oxygen atoms in total. The number of ether oxygens (including phenoxy) is 1. The Hall–Kier alpha value is -2.67. The molecule has 130 valence electrons. The van der Waals surface area contributed by atoms with Crippen LogP contribution in [0.4, 0.5) is 5.82 Å². The average Bonchev–Trinajstić information content (AvgIpc) is 2.94. The van der Waals surface area contributed by atoms with Crippen LogP contribution in [0, 0.1) is 13.8 Å². The fourth-order valence-electron chi connectivity index (χ4n) is 2.73. The maximum absolute atomic E-state index is 5.47. The lowest BCUT2D eigenvalue weighted by molar-refractivity contribution is 0.419. The molecule has 0 unspecified atom stereocenters. The summed E-state index contributed by atoms with van der Waals surface area (Å²) in [5.74, 6) is 2.22. The Labute approximate surface area is 152 Å². The number of aromatic nitrogens is 3. The number of pyridine rings is 1. The molecule has 0 saturated heterocycles. The van der Waals surface area contributed by atoms with E-state index in [1.54, 1.807) is 11.8 Å². The van der Waals surface area contributed by atoms with Gasteiger partial charge in [0.05, 0.1) is 12.8 Å². The molecule has 0 amide bonds. The molecule has 0 aliphatic heterocycles. The lowest BCUT2D eigenvalue weighted by Gasteiger charge is -2.13. The molecule has 3 rings (SSSR count). The lowest BCUT2D eigenvalue weighted by Crippen LogP contribution is -2.29. The Bertz CT molecular complexity index is 935. The van der Waals surface area contributed by atoms with Crippen LogP contribution < -0.4 is 15.4 Å². The van der Waals surface area contributed by atoms with Crippen LogP contribution in [0.15, 0.2) is 30.3 Å². The van der Waals surface area contributed by atoms with Crippen LogP contribution in [0.1, 0.15) is 18.2 Å². The van der Waals surface area contributed by atoms with Crippen LogP contribution >= 0.6 is 12.2 Å². The van der Waals surface area contributed by atoms with Gasteiger partial charge in [-0.25, -0.2) is 4.98 Å². The van der Waals surface area contributed by atoms with E-state index >= 15 is 0 Å². The summed E-state index contributed by atoms with van der Waals surface area (Å²) in [6.45, 7) is 6.74. The fraction of sp³-hybridized carbons (Fsp3) is 0.278. The van der Waals surface area contributed by atoms with Gasteiger partial charge in [-0.1, -0.05) is 12.1 Å². The number of benzene rings is 1. The van der Waals surface area contributed by atoms with Crippen LogP contribution in [0.3, 0.4) is 0 Å². The van der Waals surface area contributed by atoms with Crippen LogP contribution in [-0.2, 0) is 0 Å². The van der Waals surface area contributed by atoms with E-state index < -0.39 is 0 Å². The molecule has 0 fully saturated rings. The summed E-state index contributed by atoms with van der Waals surface area (Å²) in [5.41, 5.74) is 2.79. The number of nitrogens with zero attached hydrogens (tertiary/aromatic N) is 3. The largest absolute Gasteiger partial charge is 0.494 e. The SMILES string of the molecule is CCNC(=S)Nc1cc(C)nn1-c1cc(C)c2cccc(OC)c2n1. The number of thiocarbonyl (C=S) groups is 1. The zero-order valence-corrected chi connectivity index (χ0v) is 15.6. The molecule has 3 aromatic rings. The number of para-hydroxylation sites is 1. The van der Waals surface area contributed by atoms with Gasteiger partial charge in [0.2, 0.25) is 0 Å². The summed E-state index contributed by atoms with van der Waals surface area (Å²) in [6, 6.07) is 9.86. The van der Waals surface area contributed by atoms with Crippen LogP contribution in [0.5, 0.6) is 5.75 Å². The van der Waals surface area contributed by atoms with Gasteiger partial charge in [-0.2, -0.15) is 9.78 Å². The summed E-state index contributed by atoms with van der Waals surface area (Å²) in [6.07, 6.45) is 0. The van der Waals surface area contributed by atoms with Crippen molar-refractivity contribution in [1.82, 2.24) is 20.1 Å². The van der Waals surface area contributed by atoms with Crippen molar-refractivity contribution in [3.8, 4) is 11.6 Å². The molecule has 0 bridgehead atoms. The first-order chi connectivity index (χ1) is 12.0. The first kappa shape index (κ1) is 17.2. The van der Waals surface area contributed by atoms with Crippen molar-refractivity contribution in [3.05, 3.63) is 41.6 Å². The molecule has 0 radical (unpaired) electrons. The van der Waals surface area contributed by atoms with Crippen molar-refractivity contribution in [3.63, 3.8) is 0 Å². The van der Waals surface area contributed by atoms with Gasteiger partial charge in [0.1, 0.15) is 17.1 Å². The molecule has 0 atom stereocenters. The van der Waals surface area contributed by atoms with E-state index in [0.29, 0.717) is 10.9 Å². The van der Waals surface area contributed by atoms with Crippen molar-refractivity contribution >= 4 is 34.1 Å². The zero-order chi connectivity index (χ0) is 18.0. The topological polar surface area (TPSA) is 64.0 Å². The molecular weight excluding hydrogens is 334 g/mol. The smallest absolute Gasteiger partial charge is 0.171 e. The predicted octanol–water partition coefficient (Wildman–Crippen LogP) is 3.35. The number of hydrogen-bond acceptors (Lipinski definition) is 4. The monoisotopic (exact) mass is 355 g/mol. The highest BCUT2D eigenvalue weighted by Gasteiger charge is 2.13. The first-order valence-electron chi connectivity index (χ1n) is 8.09. The second kappa shape index (κ2) is 7.06. The summed E-state index contributed by atoms with van der Waals surface area (Å²) >= 11 is 5.29. The Morgan fingerprint density at radius 1 is 1.28 bits per heavy atom. The van der Waals surface area contributed by atoms with Gasteiger partial charge in [0, 0.05) is 18.0 Å². The van der Waals surface area contributed by atoms with Gasteiger partial charge in [-0.15, -0.1) is 0 Å². The zero-order valence-electron chi connectivity index (χ0n) is 14.8. The normalized spacial score (nSPS) is 10.7. The van der Waals surface area contributed by atoms with Crippen LogP contribution in [0.2, 0.25) is 0 Å². The van der Waals surface area contributed by atoms with Gasteiger partial charge < -0.3 is 15.4 Å². The second-order valence-electron chi connectivity index (χ2n) is 5.72. The summed E-state index contributed by atoms with van der Waals surface area (Å²) in [7, 11) is 1.65. The summed E-state index contributed by atoms with van der Waals surface area (Å²) in [5, 5.41) is 12.4. The summed E-state index contributed by atoms with van der Waals surface area (Å²) in [4.78, 5) is 4.78. The van der Waals surface area contributed by atoms with Crippen molar-refractivity contribution in [2.45, 2.75) is 20.8 Å². The van der Waals surface area contributed by atoms with Crippen molar-refractivity contribution in [1.29, 1.82) is 0 Å². The number of methoxy groups -OCH3 is 1. The van der Waals surface area contributed by atoms with E-state index in [1.807, 2.05) is 44.2 Å². The quantitative estimate of drug-likeness (QED) is 0.700. The molecular formula is C18H21N5OS. The van der Waals surface area contributed by atoms with Gasteiger partial charge >= 0.3 is 0 Å². The van der Waals surface area contributed by atoms with Gasteiger partial charge in [0.15, 0.2) is 10.9 Å². The minimum absolute atomic E-state index is 0.554. The highest BCUT2D eigenvalue weighted by molar-refractivity contribution is 7.80. The Morgan fingerprint density at radius 2 is 2.08 bits per heavy atom. The lowest BCUT2D eigenvalue weighted by atomic mass is 10.1. The number of rotatable bonds is 4. The number of nitrogens with one attached hydrogen (secondary N) is 2. The Morgan fingerprint density at radius 3 is 2.80 bits per heavy atom. The standard InChI is InChI=1S/C18H21N5OS/c1-5-19-18(25)21-16-10-12(3)22-23(16)15-9-11(2)13-7-6-8-14(24-4)17(13)20-15/h6-10H,5H2,1-4H3,(H2,19,21,25). The van der Waals surface area contributed by atoms with Crippen LogP contribution in [-0.4, -0.2) is 33.5 Å². The molecule has 25 heavy (non-hydrogen) atoms. The Kier molecular flexibility index (Phi) is 4.85. The highest BCUT2D eigenvalue weighted by Crippen LogP contribution is 2.28. The van der Waals surface area contributed by atoms with E-state index in [0.717, 1.165) is 40.3 Å². The van der Waals surface area contributed by atoms with Crippen molar-refractivity contribution < 1.29 is 4.74 Å². The Balaban J connectivity index is 2.12. The fourth-order valence-corrected chi connectivity index (χ4v) is 2.98. The van der Waals surface area contributed by atoms with Gasteiger partial charge in [-0.05, 0) is 50.7 Å². The van der Waals surface area contributed by atoms with Crippen molar-refractivity contribution in [2.75, 3.05) is 19.0 Å². The molecule has 0 saturated carbocycles. The molecule has 1 aromatic carbocycles. The minimum atomic E-state index is 0.554. The summed E-state index contributed by atoms with van der Waals surface area (Å²) < 4.78 is 7.23. The maximum Gasteiger partial charge on any atom is 0.171 e. The highest BCUT2D eigenvalue weighted by atomic mass is 32.1. The maximum atomic E-state index is 5.47. The molecule has 0 aliphatic rings. The van der Waals surface area contributed by atoms with Crippen LogP contribution in [0.25, 0.3) is 16.7 Å². The van der Waals surface area contributed by atoms with E-state index in [9.17, 15) is 0 Å². The van der Waals surface area contributed by atoms with E-state index in [2.05, 4.69) is 22.7 Å². The number of anilines is 1. The molecule has 2 N–H and O–H groups in total. The third-order valence-corrected chi connectivity index (χ3v) is 4.09. The van der Waals surface area contributed by atoms with E-state index in [1.165, 1.54) is 0 Å². The molecule has 2 aromatic heterocycles. The third kappa shape index (κ3) is 3.41. The molecule has 0 spiro atoms. The van der Waals surface area contributed by atoms with Gasteiger partial charge in [-0.3, -0.25) is 0 Å². The van der Waals surface area contributed by atoms with E-state index in [-0.39, 0.29) is 0 Å². The number of fused-ring (bicyclic) bond motifs is 1. The second-order valence-corrected chi connectivity index (χ2v) is 6.13. The molecule has 7 heteroatoms. The van der Waals surface area contributed by atoms with E-state index in [4.69, 9.17) is 21.9 Å². The molecule has 2 heterocycles. The average molecular weight is 355 g/mol. The molecule has 0 aliphatic carbocycles. The van der Waals surface area contributed by atoms with Gasteiger partial charge in [0.25, 0.3) is 0 Å². The van der Waals surface area contributed by atoms with Crippen molar-refractivity contribution in [2.24, 2.45) is 0 Å². The third-order valence-electron chi connectivity index (χ3n) is 3.84. The predicted molar refractivity (Wildman–Crippen MR) is 105 cm³/mol.